The van der Waals surface area contributed by atoms with Gasteiger partial charge in [-0.25, -0.2) is 4.39 Å². The summed E-state index contributed by atoms with van der Waals surface area (Å²) in [4.78, 5) is 4.03. The number of ether oxygens (including phenoxy) is 1. The third-order valence-electron chi connectivity index (χ3n) is 3.64. The Balaban J connectivity index is 1.84. The van der Waals surface area contributed by atoms with Crippen LogP contribution in [0.4, 0.5) is 17.6 Å². The molecule has 0 spiro atoms. The molecule has 148 valence electrons. The van der Waals surface area contributed by atoms with Crippen molar-refractivity contribution < 1.29 is 22.3 Å². The minimum Gasteiger partial charge on any atom is -0.484 e. The number of rotatable bonds is 6. The van der Waals surface area contributed by atoms with Crippen LogP contribution in [-0.2, 0) is 13.1 Å². The Morgan fingerprint density at radius 3 is 2.36 bits per heavy atom. The van der Waals surface area contributed by atoms with E-state index in [1.165, 1.54) is 24.3 Å². The summed E-state index contributed by atoms with van der Waals surface area (Å²) in [6.45, 7) is -0.816. The maximum atomic E-state index is 13.9. The summed E-state index contributed by atoms with van der Waals surface area (Å²) in [5.74, 6) is 0.0532. The van der Waals surface area contributed by atoms with Crippen LogP contribution in [0.2, 0.25) is 0 Å². The Labute approximate surface area is 159 Å². The first kappa shape index (κ1) is 21.0. The quantitative estimate of drug-likeness (QED) is 0.447. The van der Waals surface area contributed by atoms with Gasteiger partial charge >= 0.3 is 6.18 Å². The molecule has 2 aromatic carbocycles. The van der Waals surface area contributed by atoms with E-state index < -0.39 is 18.6 Å². The second kappa shape index (κ2) is 9.60. The topological polar surface area (TPSA) is 69.4 Å². The molecule has 0 aliphatic heterocycles. The van der Waals surface area contributed by atoms with Gasteiger partial charge in [0.15, 0.2) is 12.6 Å². The molecular weight excluding hydrogens is 376 g/mol. The van der Waals surface area contributed by atoms with E-state index in [1.807, 2.05) is 6.07 Å². The highest BCUT2D eigenvalue weighted by Gasteiger charge is 2.28. The molecule has 0 aliphatic carbocycles. The molecule has 0 saturated heterocycles. The Bertz CT molecular complexity index is 858. The van der Waals surface area contributed by atoms with Crippen LogP contribution in [-0.4, -0.2) is 25.8 Å². The van der Waals surface area contributed by atoms with E-state index >= 15 is 0 Å². The molecule has 0 fully saturated rings. The Hall–Kier alpha value is -3.28. The van der Waals surface area contributed by atoms with E-state index in [2.05, 4.69) is 20.4 Å². The maximum Gasteiger partial charge on any atom is 0.422 e. The molecule has 0 aliphatic rings. The number of nitrogens with one attached hydrogen (secondary N) is 2. The summed E-state index contributed by atoms with van der Waals surface area (Å²) >= 11 is 0. The first-order valence-electron chi connectivity index (χ1n) is 8.22. The van der Waals surface area contributed by atoms with Gasteiger partial charge < -0.3 is 15.4 Å². The summed E-state index contributed by atoms with van der Waals surface area (Å²) in [6.07, 6.45) is -4.38. The number of aliphatic imine (C=N–C) groups is 1. The Morgan fingerprint density at radius 1 is 1.11 bits per heavy atom. The maximum absolute atomic E-state index is 13.9. The molecule has 0 radical (unpaired) electrons. The van der Waals surface area contributed by atoms with Crippen molar-refractivity contribution in [2.75, 3.05) is 13.7 Å². The highest BCUT2D eigenvalue weighted by molar-refractivity contribution is 5.79. The van der Waals surface area contributed by atoms with Crippen LogP contribution in [0.25, 0.3) is 0 Å². The van der Waals surface area contributed by atoms with Gasteiger partial charge in [-0.15, -0.1) is 0 Å². The molecule has 0 atom stereocenters. The van der Waals surface area contributed by atoms with Crippen LogP contribution in [0, 0.1) is 17.1 Å². The predicted octanol–water partition coefficient (Wildman–Crippen LogP) is 3.50. The standard InChI is InChI=1S/C19H18F4N4O/c1-25-18(27-11-15-5-2-14(9-24)8-17(15)20)26-10-13-3-6-16(7-4-13)28-12-19(21,22)23/h2-8H,10-12H2,1H3,(H2,25,26,27). The van der Waals surface area contributed by atoms with E-state index in [0.717, 1.165) is 11.6 Å². The highest BCUT2D eigenvalue weighted by atomic mass is 19.4. The lowest BCUT2D eigenvalue weighted by molar-refractivity contribution is -0.153. The van der Waals surface area contributed by atoms with Gasteiger partial charge in [0.2, 0.25) is 0 Å². The molecule has 2 aromatic rings. The van der Waals surface area contributed by atoms with Gasteiger partial charge in [-0.1, -0.05) is 18.2 Å². The second-order valence-corrected chi connectivity index (χ2v) is 5.75. The summed E-state index contributed by atoms with van der Waals surface area (Å²) in [5.41, 5.74) is 1.42. The minimum absolute atomic E-state index is 0.125. The van der Waals surface area contributed by atoms with Gasteiger partial charge in [0.05, 0.1) is 11.6 Å². The van der Waals surface area contributed by atoms with Crippen molar-refractivity contribution in [3.05, 3.63) is 65.0 Å². The lowest BCUT2D eigenvalue weighted by Crippen LogP contribution is -2.36. The molecule has 0 heterocycles. The van der Waals surface area contributed by atoms with E-state index in [-0.39, 0.29) is 17.9 Å². The SMILES string of the molecule is CN=C(NCc1ccc(OCC(F)(F)F)cc1)NCc1ccc(C#N)cc1F. The van der Waals surface area contributed by atoms with Crippen LogP contribution < -0.4 is 15.4 Å². The van der Waals surface area contributed by atoms with E-state index in [0.29, 0.717) is 18.1 Å². The molecule has 0 aromatic heterocycles. The summed E-state index contributed by atoms with van der Waals surface area (Å²) in [5, 5.41) is 14.7. The highest BCUT2D eigenvalue weighted by Crippen LogP contribution is 2.18. The molecule has 0 saturated carbocycles. The molecule has 0 amide bonds. The summed E-state index contributed by atoms with van der Waals surface area (Å²) < 4.78 is 54.9. The van der Waals surface area contributed by atoms with E-state index in [1.54, 1.807) is 19.2 Å². The number of alkyl halides is 3. The smallest absolute Gasteiger partial charge is 0.422 e. The van der Waals surface area contributed by atoms with Gasteiger partial charge in [0, 0.05) is 25.7 Å². The van der Waals surface area contributed by atoms with Crippen LogP contribution in [0.5, 0.6) is 5.75 Å². The third-order valence-corrected chi connectivity index (χ3v) is 3.64. The molecule has 0 unspecified atom stereocenters. The fourth-order valence-electron chi connectivity index (χ4n) is 2.21. The van der Waals surface area contributed by atoms with Crippen molar-refractivity contribution in [3.8, 4) is 11.8 Å². The fraction of sp³-hybridized carbons (Fsp3) is 0.263. The first-order valence-corrected chi connectivity index (χ1v) is 8.22. The normalized spacial score (nSPS) is 11.6. The number of guanidine groups is 1. The zero-order chi connectivity index (χ0) is 20.6. The van der Waals surface area contributed by atoms with Crippen molar-refractivity contribution in [1.29, 1.82) is 5.26 Å². The van der Waals surface area contributed by atoms with Crippen LogP contribution >= 0.6 is 0 Å². The van der Waals surface area contributed by atoms with Crippen molar-refractivity contribution in [1.82, 2.24) is 10.6 Å². The Kier molecular flexibility index (Phi) is 7.21. The zero-order valence-electron chi connectivity index (χ0n) is 15.0. The van der Waals surface area contributed by atoms with Gasteiger partial charge in [0.1, 0.15) is 11.6 Å². The van der Waals surface area contributed by atoms with Crippen molar-refractivity contribution in [2.45, 2.75) is 19.3 Å². The largest absolute Gasteiger partial charge is 0.484 e. The molecule has 2 N–H and O–H groups in total. The molecular formula is C19H18F4N4O. The van der Waals surface area contributed by atoms with Crippen molar-refractivity contribution in [3.63, 3.8) is 0 Å². The molecule has 0 bridgehead atoms. The zero-order valence-corrected chi connectivity index (χ0v) is 15.0. The molecule has 28 heavy (non-hydrogen) atoms. The van der Waals surface area contributed by atoms with E-state index in [9.17, 15) is 17.6 Å². The monoisotopic (exact) mass is 394 g/mol. The third kappa shape index (κ3) is 6.79. The summed E-state index contributed by atoms with van der Waals surface area (Å²) in [6, 6.07) is 12.2. The lowest BCUT2D eigenvalue weighted by Gasteiger charge is -2.13. The number of benzene rings is 2. The van der Waals surface area contributed by atoms with Crippen LogP contribution in [0.3, 0.4) is 0 Å². The predicted molar refractivity (Wildman–Crippen MR) is 96.1 cm³/mol. The minimum atomic E-state index is -4.38. The van der Waals surface area contributed by atoms with Crippen molar-refractivity contribution >= 4 is 5.96 Å². The fourth-order valence-corrected chi connectivity index (χ4v) is 2.21. The van der Waals surface area contributed by atoms with E-state index in [4.69, 9.17) is 5.26 Å². The molecule has 5 nitrogen and oxygen atoms in total. The number of hydrogen-bond donors (Lipinski definition) is 2. The lowest BCUT2D eigenvalue weighted by atomic mass is 10.1. The number of halogens is 4. The summed E-state index contributed by atoms with van der Waals surface area (Å²) in [7, 11) is 1.55. The van der Waals surface area contributed by atoms with Gasteiger partial charge in [-0.3, -0.25) is 4.99 Å². The Morgan fingerprint density at radius 2 is 1.79 bits per heavy atom. The first-order chi connectivity index (χ1) is 13.3. The average molecular weight is 394 g/mol. The van der Waals surface area contributed by atoms with Gasteiger partial charge in [-0.2, -0.15) is 18.4 Å². The number of nitriles is 1. The van der Waals surface area contributed by atoms with Crippen LogP contribution in [0.15, 0.2) is 47.5 Å². The van der Waals surface area contributed by atoms with Gasteiger partial charge in [0.25, 0.3) is 0 Å². The van der Waals surface area contributed by atoms with Crippen LogP contribution in [0.1, 0.15) is 16.7 Å². The number of hydrogen-bond acceptors (Lipinski definition) is 3. The molecule has 9 heteroatoms. The number of nitrogens with zero attached hydrogens (tertiary/aromatic N) is 2. The van der Waals surface area contributed by atoms with Gasteiger partial charge in [-0.05, 0) is 29.8 Å². The average Bonchev–Trinajstić information content (AvgIpc) is 2.67. The molecule has 2 rings (SSSR count). The van der Waals surface area contributed by atoms with Crippen molar-refractivity contribution in [2.24, 2.45) is 4.99 Å². The second-order valence-electron chi connectivity index (χ2n) is 5.75.